The van der Waals surface area contributed by atoms with Crippen molar-refractivity contribution in [3.63, 3.8) is 0 Å². The van der Waals surface area contributed by atoms with Crippen molar-refractivity contribution in [2.75, 3.05) is 6.54 Å². The second-order valence-corrected chi connectivity index (χ2v) is 3.46. The molecule has 0 aliphatic carbocycles. The fraction of sp³-hybridized carbons (Fsp3) is 0.444. The Balaban J connectivity index is 2.30. The summed E-state index contributed by atoms with van der Waals surface area (Å²) < 4.78 is 0. The van der Waals surface area contributed by atoms with Crippen LogP contribution in [0, 0.1) is 0 Å². The van der Waals surface area contributed by atoms with Gasteiger partial charge >= 0.3 is 0 Å². The van der Waals surface area contributed by atoms with E-state index in [9.17, 15) is 4.79 Å². The van der Waals surface area contributed by atoms with Crippen molar-refractivity contribution in [2.45, 2.75) is 19.3 Å². The van der Waals surface area contributed by atoms with Crippen molar-refractivity contribution in [3.8, 4) is 0 Å². The van der Waals surface area contributed by atoms with Gasteiger partial charge in [-0.05, 0) is 30.8 Å². The molecule has 1 heterocycles. The third-order valence-electron chi connectivity index (χ3n) is 1.70. The fourth-order valence-electron chi connectivity index (χ4n) is 0.997. The zero-order valence-electron chi connectivity index (χ0n) is 6.95. The molecule has 3 heteroatoms. The molecule has 1 aromatic rings. The van der Waals surface area contributed by atoms with Crippen LogP contribution in [0.3, 0.4) is 0 Å². The van der Waals surface area contributed by atoms with Crippen molar-refractivity contribution < 1.29 is 4.79 Å². The summed E-state index contributed by atoms with van der Waals surface area (Å²) in [6.45, 7) is 0.677. The zero-order chi connectivity index (χ0) is 8.81. The summed E-state index contributed by atoms with van der Waals surface area (Å²) in [4.78, 5) is 11.3. The summed E-state index contributed by atoms with van der Waals surface area (Å²) >= 11 is 1.56. The number of unbranched alkanes of at least 4 members (excludes halogenated alkanes) is 1. The number of carbonyl (C=O) groups is 1. The molecule has 2 N–H and O–H groups in total. The van der Waals surface area contributed by atoms with E-state index in [-0.39, 0.29) is 5.78 Å². The molecular weight excluding hydrogens is 170 g/mol. The van der Waals surface area contributed by atoms with Crippen LogP contribution in [0.5, 0.6) is 0 Å². The molecule has 1 aromatic heterocycles. The second kappa shape index (κ2) is 5.06. The molecule has 0 aliphatic rings. The second-order valence-electron chi connectivity index (χ2n) is 2.68. The van der Waals surface area contributed by atoms with Gasteiger partial charge in [-0.15, -0.1) is 0 Å². The molecule has 0 saturated heterocycles. The van der Waals surface area contributed by atoms with E-state index in [0.717, 1.165) is 18.4 Å². The zero-order valence-corrected chi connectivity index (χ0v) is 7.77. The lowest BCUT2D eigenvalue weighted by Crippen LogP contribution is -2.01. The quantitative estimate of drug-likeness (QED) is 0.561. The summed E-state index contributed by atoms with van der Waals surface area (Å²) in [6.07, 6.45) is 2.48. The van der Waals surface area contributed by atoms with Gasteiger partial charge in [-0.1, -0.05) is 0 Å². The lowest BCUT2D eigenvalue weighted by Gasteiger charge is -1.96. The predicted molar refractivity (Wildman–Crippen MR) is 51.6 cm³/mol. The predicted octanol–water partition coefficient (Wildman–Crippen LogP) is 2.06. The van der Waals surface area contributed by atoms with Gasteiger partial charge < -0.3 is 5.73 Å². The van der Waals surface area contributed by atoms with Crippen LogP contribution in [0.1, 0.15) is 29.6 Å². The average Bonchev–Trinajstić information content (AvgIpc) is 2.56. The molecule has 0 saturated carbocycles. The Bertz CT molecular complexity index is 231. The van der Waals surface area contributed by atoms with E-state index in [4.69, 9.17) is 5.73 Å². The minimum absolute atomic E-state index is 0.240. The Hall–Kier alpha value is -0.670. The third kappa shape index (κ3) is 2.75. The molecule has 66 valence electrons. The molecule has 0 aromatic carbocycles. The maximum absolute atomic E-state index is 11.3. The van der Waals surface area contributed by atoms with Crippen molar-refractivity contribution in [1.82, 2.24) is 0 Å². The maximum atomic E-state index is 11.3. The van der Waals surface area contributed by atoms with Crippen LogP contribution in [0.2, 0.25) is 0 Å². The molecule has 0 spiro atoms. The molecule has 12 heavy (non-hydrogen) atoms. The number of nitrogens with two attached hydrogens (primary N) is 1. The highest BCUT2D eigenvalue weighted by Crippen LogP contribution is 2.10. The average molecular weight is 183 g/mol. The molecule has 1 rings (SSSR count). The van der Waals surface area contributed by atoms with Crippen LogP contribution in [0.15, 0.2) is 16.8 Å². The highest BCUT2D eigenvalue weighted by atomic mass is 32.1. The Kier molecular flexibility index (Phi) is 3.97. The van der Waals surface area contributed by atoms with E-state index in [2.05, 4.69) is 0 Å². The molecule has 0 bridgehead atoms. The van der Waals surface area contributed by atoms with Gasteiger partial charge in [-0.25, -0.2) is 0 Å². The molecule has 0 unspecified atom stereocenters. The Morgan fingerprint density at radius 3 is 2.92 bits per heavy atom. The monoisotopic (exact) mass is 183 g/mol. The van der Waals surface area contributed by atoms with Gasteiger partial charge in [0.25, 0.3) is 0 Å². The van der Waals surface area contributed by atoms with E-state index in [1.54, 1.807) is 11.3 Å². The highest BCUT2D eigenvalue weighted by Gasteiger charge is 2.04. The van der Waals surface area contributed by atoms with Crippen molar-refractivity contribution in [2.24, 2.45) is 5.73 Å². The summed E-state index contributed by atoms with van der Waals surface area (Å²) in [7, 11) is 0. The lowest BCUT2D eigenvalue weighted by atomic mass is 10.1. The SMILES string of the molecule is NCCCCC(=O)c1ccsc1. The van der Waals surface area contributed by atoms with Crippen molar-refractivity contribution in [1.29, 1.82) is 0 Å². The Labute approximate surface area is 76.4 Å². The Morgan fingerprint density at radius 2 is 2.33 bits per heavy atom. The molecule has 0 fully saturated rings. The van der Waals surface area contributed by atoms with Crippen LogP contribution in [0.25, 0.3) is 0 Å². The van der Waals surface area contributed by atoms with E-state index in [0.29, 0.717) is 13.0 Å². The van der Waals surface area contributed by atoms with Gasteiger partial charge in [0, 0.05) is 17.4 Å². The van der Waals surface area contributed by atoms with E-state index in [1.165, 1.54) is 0 Å². The third-order valence-corrected chi connectivity index (χ3v) is 2.38. The minimum Gasteiger partial charge on any atom is -0.330 e. The number of thiophene rings is 1. The first-order valence-electron chi connectivity index (χ1n) is 4.10. The highest BCUT2D eigenvalue weighted by molar-refractivity contribution is 7.08. The first kappa shape index (κ1) is 9.42. The number of ketones is 1. The molecule has 0 radical (unpaired) electrons. The summed E-state index contributed by atoms with van der Waals surface area (Å²) in [5, 5.41) is 3.82. The van der Waals surface area contributed by atoms with Crippen LogP contribution >= 0.6 is 11.3 Å². The van der Waals surface area contributed by atoms with Gasteiger partial charge in [0.2, 0.25) is 0 Å². The minimum atomic E-state index is 0.240. The largest absolute Gasteiger partial charge is 0.330 e. The summed E-state index contributed by atoms with van der Waals surface area (Å²) in [5.41, 5.74) is 6.17. The number of Topliss-reactive ketones (excluding diaryl/α,β-unsaturated/α-hetero) is 1. The number of rotatable bonds is 5. The summed E-state index contributed by atoms with van der Waals surface area (Å²) in [6, 6.07) is 1.87. The van der Waals surface area contributed by atoms with Crippen molar-refractivity contribution in [3.05, 3.63) is 22.4 Å². The van der Waals surface area contributed by atoms with Gasteiger partial charge in [0.1, 0.15) is 0 Å². The van der Waals surface area contributed by atoms with E-state index < -0.39 is 0 Å². The first-order chi connectivity index (χ1) is 5.84. The van der Waals surface area contributed by atoms with Crippen LogP contribution < -0.4 is 5.73 Å². The standard InChI is InChI=1S/C9H13NOS/c10-5-2-1-3-9(11)8-4-6-12-7-8/h4,6-7H,1-3,5,10H2. The van der Waals surface area contributed by atoms with E-state index in [1.807, 2.05) is 16.8 Å². The van der Waals surface area contributed by atoms with Crippen LogP contribution in [-0.2, 0) is 0 Å². The van der Waals surface area contributed by atoms with Gasteiger partial charge in [0.05, 0.1) is 0 Å². The molecular formula is C9H13NOS. The molecule has 2 nitrogen and oxygen atoms in total. The molecule has 0 amide bonds. The summed E-state index contributed by atoms with van der Waals surface area (Å²) in [5.74, 6) is 0.240. The van der Waals surface area contributed by atoms with Gasteiger partial charge in [-0.2, -0.15) is 11.3 Å². The Morgan fingerprint density at radius 1 is 1.50 bits per heavy atom. The topological polar surface area (TPSA) is 43.1 Å². The number of hydrogen-bond acceptors (Lipinski definition) is 3. The number of hydrogen-bond donors (Lipinski definition) is 1. The van der Waals surface area contributed by atoms with E-state index >= 15 is 0 Å². The first-order valence-corrected chi connectivity index (χ1v) is 5.04. The molecule has 0 atom stereocenters. The van der Waals surface area contributed by atoms with Crippen LogP contribution in [-0.4, -0.2) is 12.3 Å². The van der Waals surface area contributed by atoms with Crippen LogP contribution in [0.4, 0.5) is 0 Å². The van der Waals surface area contributed by atoms with Crippen molar-refractivity contribution >= 4 is 17.1 Å². The molecule has 0 aliphatic heterocycles. The smallest absolute Gasteiger partial charge is 0.163 e. The normalized spacial score (nSPS) is 10.1. The fourth-order valence-corrected chi connectivity index (χ4v) is 1.66. The lowest BCUT2D eigenvalue weighted by molar-refractivity contribution is 0.0980. The maximum Gasteiger partial charge on any atom is 0.163 e. The number of carbonyl (C=O) groups excluding carboxylic acids is 1. The van der Waals surface area contributed by atoms with Gasteiger partial charge in [0.15, 0.2) is 5.78 Å². The van der Waals surface area contributed by atoms with Gasteiger partial charge in [-0.3, -0.25) is 4.79 Å².